The standard InChI is InChI=1S/C16H27N3O8/c1-16(2,3)27-15(23)17-12(14(21)22)4-5-13(20)18-8-6-11(7-9-18)10-26-19(24)25/h11-12H,4-10H2,1-3H3,(H,17,23)(H,21,22)/t12-/m0/s1. The van der Waals surface area contributed by atoms with Crippen molar-refractivity contribution in [3.05, 3.63) is 10.1 Å². The zero-order valence-corrected chi connectivity index (χ0v) is 15.8. The van der Waals surface area contributed by atoms with Crippen LogP contribution < -0.4 is 5.32 Å². The van der Waals surface area contributed by atoms with Gasteiger partial charge in [0.05, 0.1) is 6.61 Å². The summed E-state index contributed by atoms with van der Waals surface area (Å²) in [6.07, 6.45) is 0.213. The van der Waals surface area contributed by atoms with E-state index in [1.54, 1.807) is 25.7 Å². The van der Waals surface area contributed by atoms with Crippen LogP contribution in [0.25, 0.3) is 0 Å². The molecule has 27 heavy (non-hydrogen) atoms. The summed E-state index contributed by atoms with van der Waals surface area (Å²) in [5.41, 5.74) is -0.758. The molecule has 0 bridgehead atoms. The second kappa shape index (κ2) is 9.93. The fourth-order valence-corrected chi connectivity index (χ4v) is 2.65. The number of likely N-dealkylation sites (tertiary alicyclic amines) is 1. The molecular formula is C16H27N3O8. The molecule has 1 heterocycles. The Labute approximate surface area is 157 Å². The third-order valence-electron chi connectivity index (χ3n) is 4.02. The molecule has 1 aliphatic heterocycles. The van der Waals surface area contributed by atoms with Crippen LogP contribution in [0, 0.1) is 16.0 Å². The molecule has 1 aliphatic rings. The Morgan fingerprint density at radius 2 is 1.89 bits per heavy atom. The van der Waals surface area contributed by atoms with E-state index in [0.717, 1.165) is 0 Å². The second-order valence-electron chi connectivity index (χ2n) is 7.42. The van der Waals surface area contributed by atoms with E-state index in [-0.39, 0.29) is 31.3 Å². The number of alkyl carbamates (subject to hydrolysis) is 1. The number of carbonyl (C=O) groups is 3. The molecule has 0 aliphatic carbocycles. The predicted molar refractivity (Wildman–Crippen MR) is 92.3 cm³/mol. The van der Waals surface area contributed by atoms with Gasteiger partial charge in [0.15, 0.2) is 0 Å². The van der Waals surface area contributed by atoms with Crippen molar-refractivity contribution in [2.24, 2.45) is 5.92 Å². The van der Waals surface area contributed by atoms with Gasteiger partial charge in [-0.3, -0.25) is 4.79 Å². The first kappa shape index (κ1) is 22.5. The zero-order chi connectivity index (χ0) is 20.6. The molecule has 0 aromatic heterocycles. The van der Waals surface area contributed by atoms with Crippen LogP contribution in [0.2, 0.25) is 0 Å². The fraction of sp³-hybridized carbons (Fsp3) is 0.812. The van der Waals surface area contributed by atoms with Crippen LogP contribution >= 0.6 is 0 Å². The number of carboxylic acid groups (broad SMARTS) is 1. The van der Waals surface area contributed by atoms with E-state index >= 15 is 0 Å². The molecule has 0 spiro atoms. The number of hydrogen-bond donors (Lipinski definition) is 2. The summed E-state index contributed by atoms with van der Waals surface area (Å²) in [6.45, 7) is 5.85. The number of ether oxygens (including phenoxy) is 1. The smallest absolute Gasteiger partial charge is 0.408 e. The first-order chi connectivity index (χ1) is 12.5. The van der Waals surface area contributed by atoms with Crippen LogP contribution in [0.4, 0.5) is 4.79 Å². The summed E-state index contributed by atoms with van der Waals surface area (Å²) in [5.74, 6) is -1.45. The number of carboxylic acids is 1. The summed E-state index contributed by atoms with van der Waals surface area (Å²) in [5, 5.41) is 20.8. The second-order valence-corrected chi connectivity index (χ2v) is 7.42. The Balaban J connectivity index is 2.41. The van der Waals surface area contributed by atoms with E-state index < -0.39 is 28.8 Å². The lowest BCUT2D eigenvalue weighted by molar-refractivity contribution is -0.759. The lowest BCUT2D eigenvalue weighted by Gasteiger charge is -2.31. The molecule has 11 nitrogen and oxygen atoms in total. The van der Waals surface area contributed by atoms with Crippen LogP contribution in [0.1, 0.15) is 46.5 Å². The van der Waals surface area contributed by atoms with Crippen molar-refractivity contribution in [3.8, 4) is 0 Å². The molecule has 2 N–H and O–H groups in total. The zero-order valence-electron chi connectivity index (χ0n) is 15.8. The summed E-state index contributed by atoms with van der Waals surface area (Å²) in [7, 11) is 0. The van der Waals surface area contributed by atoms with E-state index in [1.807, 2.05) is 0 Å². The Bertz CT molecular complexity index is 552. The molecule has 1 rings (SSSR count). The predicted octanol–water partition coefficient (Wildman–Crippen LogP) is 1.19. The first-order valence-electron chi connectivity index (χ1n) is 8.75. The van der Waals surface area contributed by atoms with Gasteiger partial charge in [-0.25, -0.2) is 9.59 Å². The minimum absolute atomic E-state index is 0.00985. The molecular weight excluding hydrogens is 362 g/mol. The van der Waals surface area contributed by atoms with Crippen molar-refractivity contribution >= 4 is 18.0 Å². The number of carbonyl (C=O) groups excluding carboxylic acids is 2. The van der Waals surface area contributed by atoms with Crippen molar-refractivity contribution in [2.75, 3.05) is 19.7 Å². The minimum atomic E-state index is -1.25. The van der Waals surface area contributed by atoms with Gasteiger partial charge in [-0.05, 0) is 46.0 Å². The first-order valence-corrected chi connectivity index (χ1v) is 8.75. The topological polar surface area (TPSA) is 148 Å². The average Bonchev–Trinajstić information content (AvgIpc) is 2.55. The van der Waals surface area contributed by atoms with Crippen molar-refractivity contribution in [2.45, 2.75) is 58.1 Å². The van der Waals surface area contributed by atoms with Crippen molar-refractivity contribution in [1.82, 2.24) is 10.2 Å². The van der Waals surface area contributed by atoms with E-state index in [9.17, 15) is 29.6 Å². The summed E-state index contributed by atoms with van der Waals surface area (Å²) in [6, 6.07) is -1.23. The van der Waals surface area contributed by atoms with Crippen molar-refractivity contribution in [1.29, 1.82) is 0 Å². The number of piperidine rings is 1. The monoisotopic (exact) mass is 389 g/mol. The maximum Gasteiger partial charge on any atom is 0.408 e. The summed E-state index contributed by atoms with van der Waals surface area (Å²) in [4.78, 5) is 51.4. The third-order valence-corrected chi connectivity index (χ3v) is 4.02. The molecule has 0 unspecified atom stereocenters. The highest BCUT2D eigenvalue weighted by atomic mass is 16.9. The Morgan fingerprint density at radius 3 is 2.37 bits per heavy atom. The van der Waals surface area contributed by atoms with E-state index in [0.29, 0.717) is 25.9 Å². The van der Waals surface area contributed by atoms with Crippen LogP contribution in [-0.2, 0) is 19.2 Å². The maximum absolute atomic E-state index is 12.3. The molecule has 0 saturated carbocycles. The third kappa shape index (κ3) is 9.06. The van der Waals surface area contributed by atoms with Gasteiger partial charge < -0.3 is 24.9 Å². The quantitative estimate of drug-likeness (QED) is 0.464. The molecule has 154 valence electrons. The van der Waals surface area contributed by atoms with Crippen LogP contribution in [0.5, 0.6) is 0 Å². The van der Waals surface area contributed by atoms with Gasteiger partial charge in [0.2, 0.25) is 5.91 Å². The van der Waals surface area contributed by atoms with Gasteiger partial charge in [-0.2, -0.15) is 0 Å². The molecule has 0 aromatic carbocycles. The Kier molecular flexibility index (Phi) is 8.26. The number of hydrogen-bond acceptors (Lipinski definition) is 7. The number of aliphatic carboxylic acids is 1. The number of nitrogens with one attached hydrogen (secondary N) is 1. The molecule has 0 aromatic rings. The Hall–Kier alpha value is -2.59. The van der Waals surface area contributed by atoms with E-state index in [1.165, 1.54) is 0 Å². The Morgan fingerprint density at radius 1 is 1.30 bits per heavy atom. The minimum Gasteiger partial charge on any atom is -0.480 e. The fourth-order valence-electron chi connectivity index (χ4n) is 2.65. The molecule has 1 saturated heterocycles. The van der Waals surface area contributed by atoms with Crippen LogP contribution in [0.15, 0.2) is 0 Å². The van der Waals surface area contributed by atoms with Crippen LogP contribution in [0.3, 0.4) is 0 Å². The summed E-state index contributed by atoms with van der Waals surface area (Å²) < 4.78 is 5.02. The van der Waals surface area contributed by atoms with E-state index in [4.69, 9.17) is 4.74 Å². The van der Waals surface area contributed by atoms with Gasteiger partial charge in [0.1, 0.15) is 11.6 Å². The molecule has 1 atom stereocenters. The molecule has 11 heteroatoms. The maximum atomic E-state index is 12.3. The van der Waals surface area contributed by atoms with Gasteiger partial charge in [0.25, 0.3) is 5.09 Å². The molecule has 1 fully saturated rings. The highest BCUT2D eigenvalue weighted by Gasteiger charge is 2.27. The number of rotatable bonds is 8. The number of nitrogens with zero attached hydrogens (tertiary/aromatic N) is 2. The van der Waals surface area contributed by atoms with Gasteiger partial charge in [0, 0.05) is 19.5 Å². The van der Waals surface area contributed by atoms with Crippen LogP contribution in [-0.4, -0.2) is 64.4 Å². The highest BCUT2D eigenvalue weighted by Crippen LogP contribution is 2.19. The highest BCUT2D eigenvalue weighted by molar-refractivity contribution is 5.82. The normalized spacial score (nSPS) is 16.3. The van der Waals surface area contributed by atoms with Gasteiger partial charge in [-0.15, -0.1) is 10.1 Å². The molecule has 0 radical (unpaired) electrons. The lowest BCUT2D eigenvalue weighted by Crippen LogP contribution is -2.45. The largest absolute Gasteiger partial charge is 0.480 e. The lowest BCUT2D eigenvalue weighted by atomic mass is 9.97. The molecule has 2 amide bonds. The van der Waals surface area contributed by atoms with Gasteiger partial charge in [-0.1, -0.05) is 0 Å². The SMILES string of the molecule is CC(C)(C)OC(=O)N[C@@H](CCC(=O)N1CCC(CO[N+](=O)[O-])CC1)C(=O)O. The van der Waals surface area contributed by atoms with Crippen molar-refractivity contribution in [3.63, 3.8) is 0 Å². The number of amides is 2. The van der Waals surface area contributed by atoms with E-state index in [2.05, 4.69) is 10.2 Å². The van der Waals surface area contributed by atoms with Crippen molar-refractivity contribution < 1.29 is 34.2 Å². The summed E-state index contributed by atoms with van der Waals surface area (Å²) >= 11 is 0. The van der Waals surface area contributed by atoms with Gasteiger partial charge >= 0.3 is 12.1 Å². The average molecular weight is 389 g/mol.